The second-order valence-corrected chi connectivity index (χ2v) is 4.56. The molecule has 0 atom stereocenters. The van der Waals surface area contributed by atoms with E-state index in [0.717, 1.165) is 17.4 Å². The smallest absolute Gasteiger partial charge is 0.325 e. The molecule has 0 aromatic heterocycles. The number of alkyl halides is 1. The molecule has 4 heteroatoms. The Morgan fingerprint density at radius 2 is 2.00 bits per heavy atom. The van der Waals surface area contributed by atoms with E-state index in [-0.39, 0.29) is 12.5 Å². The number of rotatable bonds is 6. The largest absolute Gasteiger partial charge is 0.465 e. The lowest BCUT2D eigenvalue weighted by Gasteiger charge is -2.18. The molecule has 0 saturated heterocycles. The zero-order chi connectivity index (χ0) is 12.7. The van der Waals surface area contributed by atoms with Crippen LogP contribution in [0.2, 0.25) is 0 Å². The molecule has 0 aliphatic heterocycles. The minimum atomic E-state index is -0.195. The Balaban J connectivity index is 2.56. The Morgan fingerprint density at radius 3 is 2.53 bits per heavy atom. The van der Waals surface area contributed by atoms with Gasteiger partial charge in [0.2, 0.25) is 0 Å². The van der Waals surface area contributed by atoms with Crippen molar-refractivity contribution in [3.05, 3.63) is 29.8 Å². The molecule has 0 aliphatic rings. The monoisotopic (exact) mass is 299 g/mol. The fourth-order valence-electron chi connectivity index (χ4n) is 1.52. The van der Waals surface area contributed by atoms with Crippen LogP contribution in [0.3, 0.4) is 0 Å². The van der Waals surface area contributed by atoms with Gasteiger partial charge in [-0.3, -0.25) is 4.79 Å². The molecule has 0 radical (unpaired) electrons. The van der Waals surface area contributed by atoms with E-state index in [1.54, 1.807) is 0 Å². The highest BCUT2D eigenvalue weighted by Crippen LogP contribution is 2.14. The number of nitrogens with zero attached hydrogens (tertiary/aromatic N) is 1. The van der Waals surface area contributed by atoms with Gasteiger partial charge >= 0.3 is 5.97 Å². The quantitative estimate of drug-likeness (QED) is 0.597. The molecule has 94 valence electrons. The Morgan fingerprint density at radius 1 is 1.35 bits per heavy atom. The summed E-state index contributed by atoms with van der Waals surface area (Å²) in [5.41, 5.74) is 2.31. The summed E-state index contributed by atoms with van der Waals surface area (Å²) in [6.45, 7) is 2.52. The summed E-state index contributed by atoms with van der Waals surface area (Å²) in [6, 6.07) is 8.21. The number of aryl methyl sites for hydroxylation is 1. The fourth-order valence-corrected chi connectivity index (χ4v) is 1.98. The Bertz CT molecular complexity index is 351. The molecule has 0 heterocycles. The van der Waals surface area contributed by atoms with Gasteiger partial charge in [-0.1, -0.05) is 28.1 Å². The number of esters is 1. The first-order valence-corrected chi connectivity index (χ1v) is 6.81. The van der Waals surface area contributed by atoms with E-state index in [0.29, 0.717) is 6.61 Å². The second-order valence-electron chi connectivity index (χ2n) is 3.77. The number of anilines is 1. The van der Waals surface area contributed by atoms with Crippen LogP contribution in [0.15, 0.2) is 24.3 Å². The maximum atomic E-state index is 11.3. The second kappa shape index (κ2) is 7.33. The first kappa shape index (κ1) is 14.0. The molecule has 1 aromatic carbocycles. The van der Waals surface area contributed by atoms with Crippen LogP contribution in [-0.4, -0.2) is 31.5 Å². The number of carbonyl (C=O) groups is 1. The minimum absolute atomic E-state index is 0.195. The molecule has 17 heavy (non-hydrogen) atoms. The Hall–Kier alpha value is -1.03. The summed E-state index contributed by atoms with van der Waals surface area (Å²) in [7, 11) is 1.89. The first-order valence-electron chi connectivity index (χ1n) is 5.69. The van der Waals surface area contributed by atoms with Crippen molar-refractivity contribution in [2.45, 2.75) is 13.3 Å². The fraction of sp³-hybridized carbons (Fsp3) is 0.462. The highest BCUT2D eigenvalue weighted by Gasteiger charge is 2.07. The van der Waals surface area contributed by atoms with Crippen LogP contribution in [0.5, 0.6) is 0 Å². The van der Waals surface area contributed by atoms with Crippen molar-refractivity contribution in [2.75, 3.05) is 30.4 Å². The molecule has 0 amide bonds. The van der Waals surface area contributed by atoms with Crippen LogP contribution >= 0.6 is 15.9 Å². The molecular weight excluding hydrogens is 282 g/mol. The molecule has 0 aliphatic carbocycles. The molecule has 1 aromatic rings. The van der Waals surface area contributed by atoms with Crippen molar-refractivity contribution in [3.63, 3.8) is 0 Å². The van der Waals surface area contributed by atoms with Crippen molar-refractivity contribution in [3.8, 4) is 0 Å². The summed E-state index contributed by atoms with van der Waals surface area (Å²) in [5.74, 6) is -0.195. The van der Waals surface area contributed by atoms with Crippen molar-refractivity contribution in [1.82, 2.24) is 0 Å². The predicted octanol–water partition coefficient (Wildman–Crippen LogP) is 2.62. The first-order chi connectivity index (χ1) is 8.17. The summed E-state index contributed by atoms with van der Waals surface area (Å²) in [6.07, 6.45) is 1.02. The highest BCUT2D eigenvalue weighted by atomic mass is 79.9. The van der Waals surface area contributed by atoms with Gasteiger partial charge in [-0.05, 0) is 31.0 Å². The van der Waals surface area contributed by atoms with Gasteiger partial charge < -0.3 is 9.64 Å². The summed E-state index contributed by atoms with van der Waals surface area (Å²) in [5, 5.41) is 0.963. The number of hydrogen-bond acceptors (Lipinski definition) is 3. The van der Waals surface area contributed by atoms with Gasteiger partial charge in [0.25, 0.3) is 0 Å². The third-order valence-electron chi connectivity index (χ3n) is 2.43. The molecule has 0 saturated carbocycles. The van der Waals surface area contributed by atoms with E-state index < -0.39 is 0 Å². The number of halogens is 1. The zero-order valence-corrected chi connectivity index (χ0v) is 11.9. The number of benzene rings is 1. The minimum Gasteiger partial charge on any atom is -0.465 e. The molecule has 0 bridgehead atoms. The average Bonchev–Trinajstić information content (AvgIpc) is 2.30. The van der Waals surface area contributed by atoms with Crippen LogP contribution in [-0.2, 0) is 16.0 Å². The molecule has 0 fully saturated rings. The maximum absolute atomic E-state index is 11.3. The van der Waals surface area contributed by atoms with E-state index in [1.807, 2.05) is 31.0 Å². The summed E-state index contributed by atoms with van der Waals surface area (Å²) < 4.78 is 4.91. The maximum Gasteiger partial charge on any atom is 0.325 e. The van der Waals surface area contributed by atoms with Crippen molar-refractivity contribution in [1.29, 1.82) is 0 Å². The molecule has 3 nitrogen and oxygen atoms in total. The Labute approximate surface area is 111 Å². The predicted molar refractivity (Wildman–Crippen MR) is 73.8 cm³/mol. The summed E-state index contributed by atoms with van der Waals surface area (Å²) in [4.78, 5) is 13.2. The molecule has 0 spiro atoms. The number of likely N-dealkylation sites (N-methyl/N-ethyl adjacent to an activating group) is 1. The zero-order valence-electron chi connectivity index (χ0n) is 10.3. The van der Waals surface area contributed by atoms with Gasteiger partial charge in [0.15, 0.2) is 0 Å². The van der Waals surface area contributed by atoms with E-state index in [9.17, 15) is 4.79 Å². The average molecular weight is 300 g/mol. The van der Waals surface area contributed by atoms with Gasteiger partial charge in [-0.2, -0.15) is 0 Å². The summed E-state index contributed by atoms with van der Waals surface area (Å²) >= 11 is 3.41. The third-order valence-corrected chi connectivity index (χ3v) is 2.83. The number of ether oxygens (including phenoxy) is 1. The standard InChI is InChI=1S/C13H18BrNO2/c1-3-17-13(16)10-15(2)12-6-4-11(5-7-12)8-9-14/h4-7H,3,8-10H2,1-2H3. The molecule has 1 rings (SSSR count). The van der Waals surface area contributed by atoms with Crippen LogP contribution in [0.25, 0.3) is 0 Å². The van der Waals surface area contributed by atoms with Crippen LogP contribution in [0, 0.1) is 0 Å². The van der Waals surface area contributed by atoms with Crippen LogP contribution in [0.4, 0.5) is 5.69 Å². The van der Waals surface area contributed by atoms with E-state index in [2.05, 4.69) is 28.1 Å². The van der Waals surface area contributed by atoms with E-state index in [1.165, 1.54) is 5.56 Å². The van der Waals surface area contributed by atoms with Crippen LogP contribution in [0.1, 0.15) is 12.5 Å². The lowest BCUT2D eigenvalue weighted by atomic mass is 10.1. The third kappa shape index (κ3) is 4.77. The van der Waals surface area contributed by atoms with E-state index in [4.69, 9.17) is 4.74 Å². The molecule has 0 N–H and O–H groups in total. The van der Waals surface area contributed by atoms with Crippen LogP contribution < -0.4 is 4.90 Å². The molecular formula is C13H18BrNO2. The van der Waals surface area contributed by atoms with Gasteiger partial charge in [0.05, 0.1) is 6.61 Å². The number of hydrogen-bond donors (Lipinski definition) is 0. The van der Waals surface area contributed by atoms with Crippen molar-refractivity contribution < 1.29 is 9.53 Å². The highest BCUT2D eigenvalue weighted by molar-refractivity contribution is 9.09. The molecule has 0 unspecified atom stereocenters. The van der Waals surface area contributed by atoms with Gasteiger partial charge in [0.1, 0.15) is 6.54 Å². The lowest BCUT2D eigenvalue weighted by Crippen LogP contribution is -2.27. The van der Waals surface area contributed by atoms with Gasteiger partial charge in [-0.25, -0.2) is 0 Å². The topological polar surface area (TPSA) is 29.5 Å². The Kier molecular flexibility index (Phi) is 6.05. The van der Waals surface area contributed by atoms with Gasteiger partial charge in [0, 0.05) is 18.1 Å². The lowest BCUT2D eigenvalue weighted by molar-refractivity contribution is -0.141. The van der Waals surface area contributed by atoms with Crippen molar-refractivity contribution in [2.24, 2.45) is 0 Å². The van der Waals surface area contributed by atoms with Gasteiger partial charge in [-0.15, -0.1) is 0 Å². The number of carbonyl (C=O) groups excluding carboxylic acids is 1. The van der Waals surface area contributed by atoms with E-state index >= 15 is 0 Å². The SMILES string of the molecule is CCOC(=O)CN(C)c1ccc(CCBr)cc1. The van der Waals surface area contributed by atoms with Crippen molar-refractivity contribution >= 4 is 27.6 Å². The normalized spacial score (nSPS) is 10.1.